The summed E-state index contributed by atoms with van der Waals surface area (Å²) in [6, 6.07) is 5.61. The van der Waals surface area contributed by atoms with E-state index in [2.05, 4.69) is 5.32 Å². The minimum Gasteiger partial charge on any atom is -0.480 e. The smallest absolute Gasteiger partial charge is 0.329 e. The predicted octanol–water partition coefficient (Wildman–Crippen LogP) is 2.08. The van der Waals surface area contributed by atoms with E-state index >= 15 is 0 Å². The molecule has 0 unspecified atom stereocenters. The highest BCUT2D eigenvalue weighted by Crippen LogP contribution is 2.24. The largest absolute Gasteiger partial charge is 0.480 e. The fraction of sp³-hybridized carbons (Fsp3) is 0.467. The van der Waals surface area contributed by atoms with Crippen molar-refractivity contribution in [3.8, 4) is 0 Å². The summed E-state index contributed by atoms with van der Waals surface area (Å²) < 4.78 is 5.20. The molecule has 114 valence electrons. The Bertz CT molecular complexity index is 553. The molecule has 6 heteroatoms. The summed E-state index contributed by atoms with van der Waals surface area (Å²) in [5, 5.41) is 12.2. The highest BCUT2D eigenvalue weighted by molar-refractivity contribution is 7.98. The van der Waals surface area contributed by atoms with Gasteiger partial charge in [-0.3, -0.25) is 4.79 Å². The minimum absolute atomic E-state index is 0.287. The van der Waals surface area contributed by atoms with Gasteiger partial charge in [-0.05, 0) is 30.9 Å². The first kappa shape index (κ1) is 15.9. The first-order valence-electron chi connectivity index (χ1n) is 6.77. The number of nitrogens with one attached hydrogen (secondary N) is 1. The quantitative estimate of drug-likeness (QED) is 0.833. The van der Waals surface area contributed by atoms with E-state index in [1.54, 1.807) is 17.8 Å². The lowest BCUT2D eigenvalue weighted by Crippen LogP contribution is -2.57. The molecule has 0 bridgehead atoms. The van der Waals surface area contributed by atoms with E-state index in [9.17, 15) is 14.7 Å². The van der Waals surface area contributed by atoms with Gasteiger partial charge in [-0.2, -0.15) is 0 Å². The molecule has 1 aromatic rings. The Morgan fingerprint density at radius 3 is 2.57 bits per heavy atom. The summed E-state index contributed by atoms with van der Waals surface area (Å²) in [5.41, 5.74) is 0.129. The molecule has 1 aromatic carbocycles. The minimum atomic E-state index is -1.23. The SMILES string of the molecule is CSc1ccc(C)c(C(=O)NC2(C(=O)O)CCOCC2)c1. The molecule has 1 amide bonds. The molecule has 2 rings (SSSR count). The number of hydrogen-bond acceptors (Lipinski definition) is 4. The molecular formula is C15H19NO4S. The Balaban J connectivity index is 2.25. The molecule has 0 aromatic heterocycles. The van der Waals surface area contributed by atoms with Crippen LogP contribution in [0, 0.1) is 6.92 Å². The molecule has 0 radical (unpaired) electrons. The Kier molecular flexibility index (Phi) is 4.90. The Morgan fingerprint density at radius 1 is 1.33 bits per heavy atom. The van der Waals surface area contributed by atoms with Crippen molar-refractivity contribution in [2.45, 2.75) is 30.2 Å². The van der Waals surface area contributed by atoms with Gasteiger partial charge in [-0.25, -0.2) is 4.79 Å². The van der Waals surface area contributed by atoms with Crippen LogP contribution < -0.4 is 5.32 Å². The molecule has 0 aliphatic carbocycles. The van der Waals surface area contributed by atoms with Crippen molar-refractivity contribution in [1.29, 1.82) is 0 Å². The summed E-state index contributed by atoms with van der Waals surface area (Å²) in [6.45, 7) is 2.53. The highest BCUT2D eigenvalue weighted by atomic mass is 32.2. The molecule has 0 spiro atoms. The second-order valence-electron chi connectivity index (χ2n) is 5.13. The number of thioether (sulfide) groups is 1. The number of aryl methyl sites for hydroxylation is 1. The summed E-state index contributed by atoms with van der Waals surface area (Å²) in [5.74, 6) is -1.34. The van der Waals surface area contributed by atoms with Crippen LogP contribution in [-0.4, -0.2) is 42.0 Å². The van der Waals surface area contributed by atoms with E-state index in [-0.39, 0.29) is 18.7 Å². The van der Waals surface area contributed by atoms with Crippen molar-refractivity contribution >= 4 is 23.6 Å². The van der Waals surface area contributed by atoms with Crippen molar-refractivity contribution in [3.05, 3.63) is 29.3 Å². The molecule has 1 aliphatic rings. The molecule has 1 saturated heterocycles. The number of rotatable bonds is 4. The van der Waals surface area contributed by atoms with Crippen molar-refractivity contribution in [2.24, 2.45) is 0 Å². The van der Waals surface area contributed by atoms with Crippen LogP contribution in [0.1, 0.15) is 28.8 Å². The van der Waals surface area contributed by atoms with E-state index in [4.69, 9.17) is 4.74 Å². The van der Waals surface area contributed by atoms with Gasteiger partial charge in [0.1, 0.15) is 5.54 Å². The topological polar surface area (TPSA) is 75.6 Å². The van der Waals surface area contributed by atoms with Crippen LogP contribution in [0.15, 0.2) is 23.1 Å². The summed E-state index contributed by atoms with van der Waals surface area (Å²) in [4.78, 5) is 25.0. The maximum Gasteiger partial charge on any atom is 0.329 e. The molecule has 1 aliphatic heterocycles. The Labute approximate surface area is 128 Å². The average Bonchev–Trinajstić information content (AvgIpc) is 2.48. The number of carboxylic acids is 1. The van der Waals surface area contributed by atoms with E-state index in [1.807, 2.05) is 25.3 Å². The zero-order valence-electron chi connectivity index (χ0n) is 12.1. The predicted molar refractivity (Wildman–Crippen MR) is 80.8 cm³/mol. The molecular weight excluding hydrogens is 290 g/mol. The van der Waals surface area contributed by atoms with E-state index in [0.29, 0.717) is 18.8 Å². The van der Waals surface area contributed by atoms with Gasteiger partial charge in [0.05, 0.1) is 0 Å². The standard InChI is InChI=1S/C15H19NO4S/c1-10-3-4-11(21-2)9-12(10)13(17)16-15(14(18)19)5-7-20-8-6-15/h3-4,9H,5-8H2,1-2H3,(H,16,17)(H,18,19). The third-order valence-corrected chi connectivity index (χ3v) is 4.52. The lowest BCUT2D eigenvalue weighted by atomic mass is 9.89. The zero-order valence-corrected chi connectivity index (χ0v) is 13.0. The normalized spacial score (nSPS) is 17.2. The van der Waals surface area contributed by atoms with Gasteiger partial charge in [-0.1, -0.05) is 6.07 Å². The van der Waals surface area contributed by atoms with Gasteiger partial charge >= 0.3 is 5.97 Å². The number of carboxylic acid groups (broad SMARTS) is 1. The number of carbonyl (C=O) groups excluding carboxylic acids is 1. The van der Waals surface area contributed by atoms with E-state index < -0.39 is 11.5 Å². The fourth-order valence-corrected chi connectivity index (χ4v) is 2.81. The fourth-order valence-electron chi connectivity index (χ4n) is 2.37. The monoisotopic (exact) mass is 309 g/mol. The van der Waals surface area contributed by atoms with E-state index in [1.165, 1.54) is 0 Å². The molecule has 0 saturated carbocycles. The Hall–Kier alpha value is -1.53. The van der Waals surface area contributed by atoms with Crippen molar-refractivity contribution in [2.75, 3.05) is 19.5 Å². The molecule has 0 atom stereocenters. The van der Waals surface area contributed by atoms with E-state index in [0.717, 1.165) is 10.5 Å². The van der Waals surface area contributed by atoms with Gasteiger partial charge in [0, 0.05) is 36.5 Å². The molecule has 1 heterocycles. The number of amides is 1. The zero-order chi connectivity index (χ0) is 15.5. The van der Waals surface area contributed by atoms with Crippen LogP contribution in [0.4, 0.5) is 0 Å². The van der Waals surface area contributed by atoms with Crippen LogP contribution in [0.25, 0.3) is 0 Å². The van der Waals surface area contributed by atoms with Crippen molar-refractivity contribution in [1.82, 2.24) is 5.32 Å². The second-order valence-corrected chi connectivity index (χ2v) is 6.01. The maximum atomic E-state index is 12.5. The van der Waals surface area contributed by atoms with Gasteiger partial charge in [0.15, 0.2) is 0 Å². The van der Waals surface area contributed by atoms with Crippen LogP contribution in [-0.2, 0) is 9.53 Å². The highest BCUT2D eigenvalue weighted by Gasteiger charge is 2.41. The lowest BCUT2D eigenvalue weighted by Gasteiger charge is -2.34. The van der Waals surface area contributed by atoms with Gasteiger partial charge < -0.3 is 15.2 Å². The first-order valence-corrected chi connectivity index (χ1v) is 7.99. The van der Waals surface area contributed by atoms with Crippen LogP contribution in [0.2, 0.25) is 0 Å². The second kappa shape index (κ2) is 6.49. The van der Waals surface area contributed by atoms with Crippen LogP contribution >= 0.6 is 11.8 Å². The molecule has 2 N–H and O–H groups in total. The average molecular weight is 309 g/mol. The van der Waals surface area contributed by atoms with Crippen LogP contribution in [0.3, 0.4) is 0 Å². The van der Waals surface area contributed by atoms with Gasteiger partial charge in [-0.15, -0.1) is 11.8 Å². The number of benzene rings is 1. The van der Waals surface area contributed by atoms with Gasteiger partial charge in [0.25, 0.3) is 5.91 Å². The lowest BCUT2D eigenvalue weighted by molar-refractivity contribution is -0.148. The number of hydrogen-bond donors (Lipinski definition) is 2. The molecule has 21 heavy (non-hydrogen) atoms. The molecule has 5 nitrogen and oxygen atoms in total. The summed E-state index contributed by atoms with van der Waals surface area (Å²) in [7, 11) is 0. The number of aliphatic carboxylic acids is 1. The summed E-state index contributed by atoms with van der Waals surface area (Å²) in [6.07, 6.45) is 2.51. The van der Waals surface area contributed by atoms with Crippen molar-refractivity contribution in [3.63, 3.8) is 0 Å². The van der Waals surface area contributed by atoms with Crippen LogP contribution in [0.5, 0.6) is 0 Å². The first-order chi connectivity index (χ1) is 9.98. The maximum absolute atomic E-state index is 12.5. The number of carbonyl (C=O) groups is 2. The third kappa shape index (κ3) is 3.39. The third-order valence-electron chi connectivity index (χ3n) is 3.80. The van der Waals surface area contributed by atoms with Crippen molar-refractivity contribution < 1.29 is 19.4 Å². The number of ether oxygens (including phenoxy) is 1. The van der Waals surface area contributed by atoms with Gasteiger partial charge in [0.2, 0.25) is 0 Å². The molecule has 1 fully saturated rings. The summed E-state index contributed by atoms with van der Waals surface area (Å²) >= 11 is 1.54. The Morgan fingerprint density at radius 2 is 2.00 bits per heavy atom.